The summed E-state index contributed by atoms with van der Waals surface area (Å²) in [6.07, 6.45) is 5.32. The zero-order valence-electron chi connectivity index (χ0n) is 9.06. The topological polar surface area (TPSA) is 63.6 Å². The van der Waals surface area contributed by atoms with Crippen molar-refractivity contribution in [2.24, 2.45) is 7.05 Å². The molecule has 17 heavy (non-hydrogen) atoms. The second-order valence-corrected chi connectivity index (χ2v) is 4.18. The van der Waals surface area contributed by atoms with E-state index in [-0.39, 0.29) is 5.43 Å². The molecule has 5 nitrogen and oxygen atoms in total. The van der Waals surface area contributed by atoms with Gasteiger partial charge in [0.1, 0.15) is 11.2 Å². The van der Waals surface area contributed by atoms with Gasteiger partial charge in [-0.15, -0.1) is 0 Å². The van der Waals surface area contributed by atoms with Crippen molar-refractivity contribution in [3.05, 3.63) is 34.9 Å². The summed E-state index contributed by atoms with van der Waals surface area (Å²) >= 11 is 0. The highest BCUT2D eigenvalue weighted by Gasteiger charge is 2.15. The molecule has 4 aromatic rings. The number of nitrogens with zero attached hydrogens (tertiary/aromatic N) is 3. The summed E-state index contributed by atoms with van der Waals surface area (Å²) in [5, 5.41) is 7.67. The second-order valence-electron chi connectivity index (χ2n) is 4.18. The fourth-order valence-corrected chi connectivity index (χ4v) is 2.43. The molecule has 0 fully saturated rings. The standard InChI is InChI=1S/C12H8N4O/c1-16-5-8-6-2-3-13-12-9(6)7(4-14-12)11(17)10(8)15-16/h2-5H,1H3,(H,13,14). The van der Waals surface area contributed by atoms with Gasteiger partial charge in [-0.2, -0.15) is 5.10 Å². The van der Waals surface area contributed by atoms with E-state index in [1.807, 2.05) is 25.5 Å². The molecule has 0 saturated carbocycles. The molecule has 3 heterocycles. The van der Waals surface area contributed by atoms with Crippen molar-refractivity contribution < 1.29 is 0 Å². The van der Waals surface area contributed by atoms with E-state index < -0.39 is 0 Å². The maximum absolute atomic E-state index is 12.2. The van der Waals surface area contributed by atoms with E-state index in [2.05, 4.69) is 15.1 Å². The highest BCUT2D eigenvalue weighted by molar-refractivity contribution is 6.19. The molecular formula is C12H8N4O. The van der Waals surface area contributed by atoms with Crippen LogP contribution in [0.5, 0.6) is 0 Å². The number of hydrogen-bond donors (Lipinski definition) is 1. The number of aryl methyl sites for hydroxylation is 1. The number of H-pyrrole nitrogens is 1. The molecule has 0 aliphatic rings. The first-order valence-corrected chi connectivity index (χ1v) is 5.30. The zero-order valence-corrected chi connectivity index (χ0v) is 9.06. The van der Waals surface area contributed by atoms with E-state index >= 15 is 0 Å². The van der Waals surface area contributed by atoms with Crippen molar-refractivity contribution in [1.82, 2.24) is 19.7 Å². The summed E-state index contributed by atoms with van der Waals surface area (Å²) in [7, 11) is 1.82. The number of rotatable bonds is 0. The van der Waals surface area contributed by atoms with Crippen LogP contribution in [0.3, 0.4) is 0 Å². The first-order valence-electron chi connectivity index (χ1n) is 5.30. The van der Waals surface area contributed by atoms with Crippen LogP contribution in [0, 0.1) is 0 Å². The van der Waals surface area contributed by atoms with Crippen molar-refractivity contribution in [1.29, 1.82) is 0 Å². The number of aromatic amines is 1. The van der Waals surface area contributed by atoms with E-state index in [9.17, 15) is 4.79 Å². The fourth-order valence-electron chi connectivity index (χ4n) is 2.43. The van der Waals surface area contributed by atoms with Gasteiger partial charge in [0.15, 0.2) is 0 Å². The van der Waals surface area contributed by atoms with Gasteiger partial charge in [0.2, 0.25) is 5.43 Å². The Kier molecular flexibility index (Phi) is 1.34. The lowest BCUT2D eigenvalue weighted by Crippen LogP contribution is -2.02. The smallest absolute Gasteiger partial charge is 0.216 e. The van der Waals surface area contributed by atoms with Crippen LogP contribution in [0.25, 0.3) is 32.7 Å². The summed E-state index contributed by atoms with van der Waals surface area (Å²) in [5.41, 5.74) is 1.22. The van der Waals surface area contributed by atoms with Crippen LogP contribution in [0.15, 0.2) is 29.5 Å². The molecule has 0 unspecified atom stereocenters. The molecule has 0 bridgehead atoms. The lowest BCUT2D eigenvalue weighted by molar-refractivity contribution is 0.779. The van der Waals surface area contributed by atoms with Crippen LogP contribution in [0.4, 0.5) is 0 Å². The molecule has 0 aliphatic carbocycles. The van der Waals surface area contributed by atoms with Crippen LogP contribution < -0.4 is 5.43 Å². The predicted octanol–water partition coefficient (Wildman–Crippen LogP) is 1.40. The first kappa shape index (κ1) is 8.69. The van der Waals surface area contributed by atoms with Crippen LogP contribution in [0.1, 0.15) is 0 Å². The Balaban J connectivity index is 2.52. The van der Waals surface area contributed by atoms with Crippen molar-refractivity contribution >= 4 is 32.7 Å². The van der Waals surface area contributed by atoms with E-state index in [0.717, 1.165) is 21.8 Å². The largest absolute Gasteiger partial charge is 0.346 e. The Morgan fingerprint density at radius 2 is 2.18 bits per heavy atom. The van der Waals surface area contributed by atoms with Crippen LogP contribution in [-0.2, 0) is 7.05 Å². The summed E-state index contributed by atoms with van der Waals surface area (Å²) in [6.45, 7) is 0. The van der Waals surface area contributed by atoms with Crippen molar-refractivity contribution in [3.63, 3.8) is 0 Å². The maximum Gasteiger partial charge on any atom is 0.216 e. The highest BCUT2D eigenvalue weighted by Crippen LogP contribution is 2.28. The predicted molar refractivity (Wildman–Crippen MR) is 65.3 cm³/mol. The van der Waals surface area contributed by atoms with Gasteiger partial charge in [-0.25, -0.2) is 4.98 Å². The van der Waals surface area contributed by atoms with Crippen molar-refractivity contribution in [3.8, 4) is 0 Å². The van der Waals surface area contributed by atoms with E-state index in [4.69, 9.17) is 0 Å². The molecule has 5 heteroatoms. The van der Waals surface area contributed by atoms with Gasteiger partial charge in [0, 0.05) is 36.4 Å². The highest BCUT2D eigenvalue weighted by atomic mass is 16.1. The van der Waals surface area contributed by atoms with Crippen LogP contribution >= 0.6 is 0 Å². The number of fused-ring (bicyclic) bond motifs is 2. The first-order chi connectivity index (χ1) is 8.25. The summed E-state index contributed by atoms with van der Waals surface area (Å²) in [6, 6.07) is 1.96. The molecule has 0 atom stereocenters. The normalized spacial score (nSPS) is 12.1. The number of nitrogens with one attached hydrogen (secondary N) is 1. The quantitative estimate of drug-likeness (QED) is 0.491. The third kappa shape index (κ3) is 0.914. The molecule has 0 saturated heterocycles. The Hall–Kier alpha value is -2.43. The minimum Gasteiger partial charge on any atom is -0.346 e. The maximum atomic E-state index is 12.2. The average molecular weight is 224 g/mol. The lowest BCUT2D eigenvalue weighted by Gasteiger charge is -1.97. The Bertz CT molecular complexity index is 918. The molecule has 0 amide bonds. The minimum absolute atomic E-state index is 0.0461. The molecule has 3 aromatic heterocycles. The van der Waals surface area contributed by atoms with Gasteiger partial charge in [-0.1, -0.05) is 0 Å². The lowest BCUT2D eigenvalue weighted by atomic mass is 10.1. The number of pyridine rings is 1. The Labute approximate surface area is 95.0 Å². The van der Waals surface area contributed by atoms with Gasteiger partial charge in [0.05, 0.1) is 5.39 Å². The molecule has 1 aromatic carbocycles. The zero-order chi connectivity index (χ0) is 11.6. The Morgan fingerprint density at radius 3 is 3.06 bits per heavy atom. The Morgan fingerprint density at radius 1 is 1.29 bits per heavy atom. The van der Waals surface area contributed by atoms with Crippen LogP contribution in [0.2, 0.25) is 0 Å². The van der Waals surface area contributed by atoms with Crippen molar-refractivity contribution in [2.45, 2.75) is 0 Å². The second kappa shape index (κ2) is 2.63. The minimum atomic E-state index is -0.0461. The van der Waals surface area contributed by atoms with E-state index in [1.54, 1.807) is 10.9 Å². The summed E-state index contributed by atoms with van der Waals surface area (Å²) < 4.78 is 1.67. The third-order valence-electron chi connectivity index (χ3n) is 3.15. The molecule has 0 radical (unpaired) electrons. The average Bonchev–Trinajstić information content (AvgIpc) is 2.90. The van der Waals surface area contributed by atoms with Gasteiger partial charge in [-0.3, -0.25) is 9.48 Å². The fraction of sp³-hybridized carbons (Fsp3) is 0.0833. The molecule has 4 rings (SSSR count). The van der Waals surface area contributed by atoms with Gasteiger partial charge < -0.3 is 4.98 Å². The van der Waals surface area contributed by atoms with Gasteiger partial charge in [0.25, 0.3) is 0 Å². The van der Waals surface area contributed by atoms with Gasteiger partial charge >= 0.3 is 0 Å². The summed E-state index contributed by atoms with van der Waals surface area (Å²) in [4.78, 5) is 19.5. The van der Waals surface area contributed by atoms with Crippen LogP contribution in [-0.4, -0.2) is 19.7 Å². The molecule has 82 valence electrons. The van der Waals surface area contributed by atoms with Gasteiger partial charge in [-0.05, 0) is 11.5 Å². The number of benzene rings is 1. The summed E-state index contributed by atoms with van der Waals surface area (Å²) in [5.74, 6) is 0. The number of hydrogen-bond acceptors (Lipinski definition) is 3. The van der Waals surface area contributed by atoms with E-state index in [1.165, 1.54) is 0 Å². The molecular weight excluding hydrogens is 216 g/mol. The van der Waals surface area contributed by atoms with Crippen molar-refractivity contribution in [2.75, 3.05) is 0 Å². The van der Waals surface area contributed by atoms with E-state index in [0.29, 0.717) is 10.9 Å². The monoisotopic (exact) mass is 224 g/mol. The molecule has 1 N–H and O–H groups in total. The number of aromatic nitrogens is 4. The third-order valence-corrected chi connectivity index (χ3v) is 3.15. The molecule has 0 spiro atoms. The molecule has 0 aliphatic heterocycles. The SMILES string of the molecule is Cn1cc2c(n1)c(=O)c1cnc3[nH]ccc2c31.